The standard InChI is InChI=1S/C16H18ClF3N4O/c1-10-8-14(21-6-3-7-25-2)24-15(22-10)23-13-9-11(16(18,19)20)4-5-12(13)17/h4-5,8-9H,3,6-7H2,1-2H3,(H2,21,22,23,24). The number of halogens is 4. The van der Waals surface area contributed by atoms with Crippen molar-refractivity contribution in [3.8, 4) is 0 Å². The second-order valence-corrected chi connectivity index (χ2v) is 5.72. The van der Waals surface area contributed by atoms with Gasteiger partial charge in [-0.3, -0.25) is 0 Å². The smallest absolute Gasteiger partial charge is 0.385 e. The Labute approximate surface area is 148 Å². The molecule has 5 nitrogen and oxygen atoms in total. The molecule has 0 fully saturated rings. The first-order valence-corrected chi connectivity index (χ1v) is 7.89. The van der Waals surface area contributed by atoms with E-state index in [-0.39, 0.29) is 16.7 Å². The summed E-state index contributed by atoms with van der Waals surface area (Å²) >= 11 is 5.98. The second kappa shape index (κ2) is 8.35. The SMILES string of the molecule is COCCCNc1cc(C)nc(Nc2cc(C(F)(F)F)ccc2Cl)n1. The topological polar surface area (TPSA) is 59.1 Å². The predicted octanol–water partition coefficient (Wildman–Crippen LogP) is 4.65. The van der Waals surface area contributed by atoms with Crippen molar-refractivity contribution in [3.63, 3.8) is 0 Å². The first-order chi connectivity index (χ1) is 11.8. The Balaban J connectivity index is 2.18. The third kappa shape index (κ3) is 5.75. The normalized spacial score (nSPS) is 11.4. The largest absolute Gasteiger partial charge is 0.416 e. The van der Waals surface area contributed by atoms with Crippen molar-refractivity contribution in [2.24, 2.45) is 0 Å². The van der Waals surface area contributed by atoms with Gasteiger partial charge in [-0.15, -0.1) is 0 Å². The van der Waals surface area contributed by atoms with Crippen molar-refractivity contribution in [1.82, 2.24) is 9.97 Å². The van der Waals surface area contributed by atoms with Crippen LogP contribution in [0.3, 0.4) is 0 Å². The van der Waals surface area contributed by atoms with Gasteiger partial charge in [-0.25, -0.2) is 4.98 Å². The Hall–Kier alpha value is -2.06. The molecule has 2 rings (SSSR count). The van der Waals surface area contributed by atoms with Crippen LogP contribution in [0.25, 0.3) is 0 Å². The van der Waals surface area contributed by atoms with Crippen LogP contribution >= 0.6 is 11.6 Å². The predicted molar refractivity (Wildman–Crippen MR) is 91.5 cm³/mol. The van der Waals surface area contributed by atoms with Gasteiger partial charge in [0.25, 0.3) is 0 Å². The highest BCUT2D eigenvalue weighted by Crippen LogP contribution is 2.34. The van der Waals surface area contributed by atoms with Gasteiger partial charge in [0.2, 0.25) is 5.95 Å². The van der Waals surface area contributed by atoms with Crippen molar-refractivity contribution in [2.45, 2.75) is 19.5 Å². The van der Waals surface area contributed by atoms with E-state index in [0.29, 0.717) is 24.7 Å². The summed E-state index contributed by atoms with van der Waals surface area (Å²) in [6, 6.07) is 4.78. The molecule has 0 unspecified atom stereocenters. The van der Waals surface area contributed by atoms with E-state index in [1.165, 1.54) is 6.07 Å². The summed E-state index contributed by atoms with van der Waals surface area (Å²) in [5.74, 6) is 0.727. The number of hydrogen-bond acceptors (Lipinski definition) is 5. The van der Waals surface area contributed by atoms with Crippen LogP contribution in [0.5, 0.6) is 0 Å². The fourth-order valence-electron chi connectivity index (χ4n) is 2.07. The van der Waals surface area contributed by atoms with E-state index in [2.05, 4.69) is 20.6 Å². The van der Waals surface area contributed by atoms with Crippen LogP contribution < -0.4 is 10.6 Å². The van der Waals surface area contributed by atoms with Gasteiger partial charge in [0.1, 0.15) is 5.82 Å². The van der Waals surface area contributed by atoms with Crippen molar-refractivity contribution < 1.29 is 17.9 Å². The number of aromatic nitrogens is 2. The Kier molecular flexibility index (Phi) is 6.44. The van der Waals surface area contributed by atoms with E-state index in [4.69, 9.17) is 16.3 Å². The van der Waals surface area contributed by atoms with Gasteiger partial charge in [-0.2, -0.15) is 18.2 Å². The zero-order chi connectivity index (χ0) is 18.4. The molecule has 2 aromatic rings. The lowest BCUT2D eigenvalue weighted by Crippen LogP contribution is -2.09. The minimum Gasteiger partial charge on any atom is -0.385 e. The molecule has 0 spiro atoms. The number of ether oxygens (including phenoxy) is 1. The molecule has 0 radical (unpaired) electrons. The molecule has 0 bridgehead atoms. The zero-order valence-corrected chi connectivity index (χ0v) is 14.5. The minimum atomic E-state index is -4.46. The molecule has 136 valence electrons. The van der Waals surface area contributed by atoms with E-state index < -0.39 is 11.7 Å². The maximum Gasteiger partial charge on any atom is 0.416 e. The van der Waals surface area contributed by atoms with Crippen LogP contribution in [0, 0.1) is 6.92 Å². The molecular formula is C16H18ClF3N4O. The number of rotatable bonds is 7. The van der Waals surface area contributed by atoms with Crippen LogP contribution in [0.1, 0.15) is 17.7 Å². The zero-order valence-electron chi connectivity index (χ0n) is 13.7. The Morgan fingerprint density at radius 2 is 1.96 bits per heavy atom. The minimum absolute atomic E-state index is 0.0902. The van der Waals surface area contributed by atoms with Crippen molar-refractivity contribution in [2.75, 3.05) is 30.9 Å². The molecule has 0 aliphatic rings. The number of nitrogens with zero attached hydrogens (tertiary/aromatic N) is 2. The lowest BCUT2D eigenvalue weighted by molar-refractivity contribution is -0.137. The second-order valence-electron chi connectivity index (χ2n) is 5.31. The van der Waals surface area contributed by atoms with Crippen LogP contribution in [-0.4, -0.2) is 30.2 Å². The molecule has 1 heterocycles. The van der Waals surface area contributed by atoms with E-state index in [9.17, 15) is 13.2 Å². The molecule has 0 amide bonds. The third-order valence-corrected chi connectivity index (χ3v) is 3.56. The van der Waals surface area contributed by atoms with Gasteiger partial charge in [-0.1, -0.05) is 11.6 Å². The molecule has 1 aromatic heterocycles. The Bertz CT molecular complexity index is 725. The highest BCUT2D eigenvalue weighted by atomic mass is 35.5. The number of methoxy groups -OCH3 is 1. The molecule has 0 atom stereocenters. The highest BCUT2D eigenvalue weighted by Gasteiger charge is 2.31. The molecule has 0 saturated carbocycles. The maximum atomic E-state index is 12.8. The van der Waals surface area contributed by atoms with E-state index in [1.807, 2.05) is 0 Å². The molecule has 1 aromatic carbocycles. The fourth-order valence-corrected chi connectivity index (χ4v) is 2.23. The number of anilines is 3. The molecule has 25 heavy (non-hydrogen) atoms. The van der Waals surface area contributed by atoms with Gasteiger partial charge in [0, 0.05) is 32.0 Å². The number of hydrogen-bond donors (Lipinski definition) is 2. The summed E-state index contributed by atoms with van der Waals surface area (Å²) in [6.45, 7) is 3.02. The lowest BCUT2D eigenvalue weighted by atomic mass is 10.2. The Morgan fingerprint density at radius 3 is 2.64 bits per heavy atom. The lowest BCUT2D eigenvalue weighted by Gasteiger charge is -2.13. The summed E-state index contributed by atoms with van der Waals surface area (Å²) < 4.78 is 43.5. The summed E-state index contributed by atoms with van der Waals surface area (Å²) in [4.78, 5) is 8.43. The van der Waals surface area contributed by atoms with Gasteiger partial charge < -0.3 is 15.4 Å². The number of nitrogens with one attached hydrogen (secondary N) is 2. The van der Waals surface area contributed by atoms with Crippen LogP contribution in [0.15, 0.2) is 24.3 Å². The van der Waals surface area contributed by atoms with Gasteiger partial charge in [0.15, 0.2) is 0 Å². The maximum absolute atomic E-state index is 12.8. The monoisotopic (exact) mass is 374 g/mol. The van der Waals surface area contributed by atoms with E-state index >= 15 is 0 Å². The molecule has 9 heteroatoms. The fraction of sp³-hybridized carbons (Fsp3) is 0.375. The first kappa shape index (κ1) is 19.3. The quantitative estimate of drug-likeness (QED) is 0.691. The van der Waals surface area contributed by atoms with E-state index in [1.54, 1.807) is 20.1 Å². The van der Waals surface area contributed by atoms with Gasteiger partial charge >= 0.3 is 6.18 Å². The summed E-state index contributed by atoms with van der Waals surface area (Å²) in [5, 5.41) is 6.01. The molecule has 0 aliphatic heterocycles. The average Bonchev–Trinajstić information content (AvgIpc) is 2.52. The van der Waals surface area contributed by atoms with Crippen molar-refractivity contribution >= 4 is 29.1 Å². The molecule has 0 saturated heterocycles. The Morgan fingerprint density at radius 1 is 1.20 bits per heavy atom. The van der Waals surface area contributed by atoms with Crippen LogP contribution in [0.4, 0.5) is 30.6 Å². The summed E-state index contributed by atoms with van der Waals surface area (Å²) in [7, 11) is 1.62. The molecular weight excluding hydrogens is 357 g/mol. The summed E-state index contributed by atoms with van der Waals surface area (Å²) in [6.07, 6.45) is -3.66. The number of alkyl halides is 3. The number of aryl methyl sites for hydroxylation is 1. The van der Waals surface area contributed by atoms with Crippen molar-refractivity contribution in [1.29, 1.82) is 0 Å². The highest BCUT2D eigenvalue weighted by molar-refractivity contribution is 6.33. The van der Waals surface area contributed by atoms with Gasteiger partial charge in [-0.05, 0) is 31.5 Å². The summed E-state index contributed by atoms with van der Waals surface area (Å²) in [5.41, 5.74) is -0.0489. The first-order valence-electron chi connectivity index (χ1n) is 7.52. The van der Waals surface area contributed by atoms with Crippen molar-refractivity contribution in [3.05, 3.63) is 40.5 Å². The molecule has 0 aliphatic carbocycles. The van der Waals surface area contributed by atoms with Gasteiger partial charge in [0.05, 0.1) is 16.3 Å². The van der Waals surface area contributed by atoms with Crippen LogP contribution in [0.2, 0.25) is 5.02 Å². The van der Waals surface area contributed by atoms with Crippen LogP contribution in [-0.2, 0) is 10.9 Å². The average molecular weight is 375 g/mol. The molecule has 2 N–H and O–H groups in total. The van der Waals surface area contributed by atoms with E-state index in [0.717, 1.165) is 18.6 Å². The third-order valence-electron chi connectivity index (χ3n) is 3.23. The number of benzene rings is 1.